The van der Waals surface area contributed by atoms with Gasteiger partial charge in [0.05, 0.1) is 21.8 Å². The predicted molar refractivity (Wildman–Crippen MR) is 156 cm³/mol. The molecule has 0 saturated carbocycles. The summed E-state index contributed by atoms with van der Waals surface area (Å²) >= 11 is 6.86. The van der Waals surface area contributed by atoms with E-state index >= 15 is 0 Å². The Morgan fingerprint density at radius 2 is 1.93 bits per heavy atom. The van der Waals surface area contributed by atoms with Gasteiger partial charge >= 0.3 is 0 Å². The molecule has 2 N–H and O–H groups in total. The summed E-state index contributed by atoms with van der Waals surface area (Å²) in [5, 5.41) is 10.6. The van der Waals surface area contributed by atoms with Crippen LogP contribution < -0.4 is 10.6 Å². The largest absolute Gasteiger partial charge is 0.368 e. The fraction of sp³-hybridized carbons (Fsp3) is 0.321. The number of benzene rings is 1. The Hall–Kier alpha value is -4.29. The topological polar surface area (TPSA) is 119 Å². The minimum Gasteiger partial charge on any atom is -0.368 e. The first kappa shape index (κ1) is 25.7. The van der Waals surface area contributed by atoms with Crippen LogP contribution in [0.15, 0.2) is 41.1 Å². The smallest absolute Gasteiger partial charge is 0.225 e. The molecule has 1 aliphatic rings. The summed E-state index contributed by atoms with van der Waals surface area (Å²) < 4.78 is 23.8. The third-order valence-electron chi connectivity index (χ3n) is 7.87. The van der Waals surface area contributed by atoms with Crippen molar-refractivity contribution in [3.05, 3.63) is 58.8 Å². The SMILES string of the molecule is Cc1noc2cc(F)c(N3CCCN(CCn4c(C)c(Cl)c5c4nc(N)n4nc(-c6ccccn6)nc54)CC3)cc12. The second kappa shape index (κ2) is 9.96. The fourth-order valence-electron chi connectivity index (χ4n) is 5.66. The summed E-state index contributed by atoms with van der Waals surface area (Å²) in [5.41, 5.74) is 10.9. The Balaban J connectivity index is 1.13. The van der Waals surface area contributed by atoms with Crippen molar-refractivity contribution in [3.8, 4) is 11.5 Å². The van der Waals surface area contributed by atoms with Crippen LogP contribution >= 0.6 is 11.6 Å². The minimum absolute atomic E-state index is 0.227. The van der Waals surface area contributed by atoms with Crippen LogP contribution in [0.2, 0.25) is 5.02 Å². The number of nitrogens with zero attached hydrogens (tertiary/aromatic N) is 9. The van der Waals surface area contributed by atoms with Crippen molar-refractivity contribution in [3.63, 3.8) is 0 Å². The summed E-state index contributed by atoms with van der Waals surface area (Å²) in [5.74, 6) is 0.392. The van der Waals surface area contributed by atoms with Gasteiger partial charge in [-0.05, 0) is 45.0 Å². The standard InChI is InChI=1S/C28H28ClFN10O/c1-16-18-14-21(19(30)15-22(18)41-36-16)38-9-5-8-37(10-12-38)11-13-39-17(2)24(29)23-26(39)34-28(31)40-27(23)33-25(35-40)20-6-3-4-7-32-20/h3-4,6-7,14-15H,5,8-13H2,1-2H3,(H2,31,34). The van der Waals surface area contributed by atoms with Crippen LogP contribution in [0.25, 0.3) is 39.2 Å². The molecule has 0 spiro atoms. The number of nitrogens with two attached hydrogens (primary N) is 1. The van der Waals surface area contributed by atoms with E-state index in [9.17, 15) is 4.39 Å². The first-order valence-corrected chi connectivity index (χ1v) is 13.9. The molecule has 13 heteroatoms. The second-order valence-corrected chi connectivity index (χ2v) is 10.7. The maximum Gasteiger partial charge on any atom is 0.225 e. The van der Waals surface area contributed by atoms with Gasteiger partial charge < -0.3 is 19.7 Å². The van der Waals surface area contributed by atoms with E-state index in [1.165, 1.54) is 10.6 Å². The minimum atomic E-state index is -0.291. The zero-order valence-electron chi connectivity index (χ0n) is 22.7. The Morgan fingerprint density at radius 3 is 2.76 bits per heavy atom. The highest BCUT2D eigenvalue weighted by Crippen LogP contribution is 2.34. The summed E-state index contributed by atoms with van der Waals surface area (Å²) in [7, 11) is 0. The van der Waals surface area contributed by atoms with E-state index < -0.39 is 0 Å². The van der Waals surface area contributed by atoms with Gasteiger partial charge in [0.15, 0.2) is 11.2 Å². The molecule has 5 aromatic heterocycles. The summed E-state index contributed by atoms with van der Waals surface area (Å²) in [6.07, 6.45) is 2.61. The monoisotopic (exact) mass is 574 g/mol. The third-order valence-corrected chi connectivity index (χ3v) is 8.33. The number of nitrogen functional groups attached to an aromatic ring is 1. The van der Waals surface area contributed by atoms with E-state index in [2.05, 4.69) is 34.6 Å². The van der Waals surface area contributed by atoms with Gasteiger partial charge in [0, 0.05) is 56.1 Å². The Morgan fingerprint density at radius 1 is 1.05 bits per heavy atom. The molecule has 7 rings (SSSR count). The van der Waals surface area contributed by atoms with Gasteiger partial charge in [-0.25, -0.2) is 9.37 Å². The molecule has 1 aliphatic heterocycles. The van der Waals surface area contributed by atoms with Crippen molar-refractivity contribution in [1.82, 2.24) is 39.2 Å². The van der Waals surface area contributed by atoms with Gasteiger partial charge in [-0.2, -0.15) is 9.50 Å². The van der Waals surface area contributed by atoms with Gasteiger partial charge in [-0.1, -0.05) is 22.8 Å². The lowest BCUT2D eigenvalue weighted by Gasteiger charge is -2.24. The number of aryl methyl sites for hydroxylation is 1. The van der Waals surface area contributed by atoms with Crippen molar-refractivity contribution in [2.75, 3.05) is 43.4 Å². The van der Waals surface area contributed by atoms with Gasteiger partial charge in [0.2, 0.25) is 11.8 Å². The van der Waals surface area contributed by atoms with Crippen LogP contribution in [-0.4, -0.2) is 71.9 Å². The van der Waals surface area contributed by atoms with Crippen molar-refractivity contribution in [2.24, 2.45) is 0 Å². The number of aromatic nitrogens is 7. The maximum atomic E-state index is 15.0. The zero-order chi connectivity index (χ0) is 28.2. The number of pyridine rings is 1. The van der Waals surface area contributed by atoms with Crippen LogP contribution in [0.5, 0.6) is 0 Å². The number of hydrogen-bond acceptors (Lipinski definition) is 9. The van der Waals surface area contributed by atoms with E-state index in [4.69, 9.17) is 26.8 Å². The maximum absolute atomic E-state index is 15.0. The molecular weight excluding hydrogens is 547 g/mol. The lowest BCUT2D eigenvalue weighted by atomic mass is 10.1. The third kappa shape index (κ3) is 4.34. The van der Waals surface area contributed by atoms with E-state index in [1.807, 2.05) is 38.1 Å². The van der Waals surface area contributed by atoms with E-state index in [-0.39, 0.29) is 11.8 Å². The summed E-state index contributed by atoms with van der Waals surface area (Å²) in [6.45, 7) is 8.45. The molecule has 0 atom stereocenters. The van der Waals surface area contributed by atoms with E-state index in [0.717, 1.165) is 49.4 Å². The van der Waals surface area contributed by atoms with Gasteiger partial charge in [0.25, 0.3) is 0 Å². The average Bonchev–Trinajstić information content (AvgIpc) is 3.57. The average molecular weight is 575 g/mol. The summed E-state index contributed by atoms with van der Waals surface area (Å²) in [4.78, 5) is 18.3. The van der Waals surface area contributed by atoms with Crippen LogP contribution in [-0.2, 0) is 6.54 Å². The molecule has 210 valence electrons. The zero-order valence-corrected chi connectivity index (χ0v) is 23.4. The number of hydrogen-bond donors (Lipinski definition) is 1. The first-order chi connectivity index (χ1) is 19.9. The van der Waals surface area contributed by atoms with Crippen LogP contribution in [0, 0.1) is 19.7 Å². The quantitative estimate of drug-likeness (QED) is 0.317. The molecule has 0 bridgehead atoms. The molecule has 0 radical (unpaired) electrons. The molecule has 41 heavy (non-hydrogen) atoms. The highest BCUT2D eigenvalue weighted by molar-refractivity contribution is 6.37. The van der Waals surface area contributed by atoms with Crippen molar-refractivity contribution >= 4 is 50.9 Å². The number of halogens is 2. The first-order valence-electron chi connectivity index (χ1n) is 13.5. The fourth-order valence-corrected chi connectivity index (χ4v) is 5.93. The van der Waals surface area contributed by atoms with Crippen molar-refractivity contribution in [2.45, 2.75) is 26.8 Å². The Bertz CT molecular complexity index is 1910. The van der Waals surface area contributed by atoms with E-state index in [1.54, 1.807) is 6.20 Å². The Kier molecular flexibility index (Phi) is 6.24. The molecule has 0 aliphatic carbocycles. The molecular formula is C28H28ClFN10O. The Labute approximate surface area is 239 Å². The molecule has 1 saturated heterocycles. The highest BCUT2D eigenvalue weighted by Gasteiger charge is 2.24. The van der Waals surface area contributed by atoms with Crippen LogP contribution in [0.1, 0.15) is 17.8 Å². The summed E-state index contributed by atoms with van der Waals surface area (Å²) in [6, 6.07) is 8.85. The van der Waals surface area contributed by atoms with Gasteiger partial charge in [-0.3, -0.25) is 9.88 Å². The normalized spacial score (nSPS) is 15.0. The van der Waals surface area contributed by atoms with Crippen molar-refractivity contribution < 1.29 is 8.91 Å². The molecule has 0 amide bonds. The molecule has 6 heterocycles. The molecule has 1 fully saturated rings. The highest BCUT2D eigenvalue weighted by atomic mass is 35.5. The lowest BCUT2D eigenvalue weighted by molar-refractivity contribution is 0.281. The molecule has 0 unspecified atom stereocenters. The van der Waals surface area contributed by atoms with Crippen molar-refractivity contribution in [1.29, 1.82) is 0 Å². The molecule has 1 aromatic carbocycles. The second-order valence-electron chi connectivity index (χ2n) is 10.4. The van der Waals surface area contributed by atoms with Gasteiger partial charge in [-0.15, -0.1) is 5.10 Å². The van der Waals surface area contributed by atoms with E-state index in [0.29, 0.717) is 57.6 Å². The van der Waals surface area contributed by atoms with Crippen LogP contribution in [0.4, 0.5) is 16.0 Å². The predicted octanol–water partition coefficient (Wildman–Crippen LogP) is 4.49. The molecule has 11 nitrogen and oxygen atoms in total. The molecule has 6 aromatic rings. The van der Waals surface area contributed by atoms with Crippen LogP contribution in [0.3, 0.4) is 0 Å². The number of anilines is 2. The lowest BCUT2D eigenvalue weighted by Crippen LogP contribution is -2.33. The van der Waals surface area contributed by atoms with Gasteiger partial charge in [0.1, 0.15) is 17.2 Å². The number of fused-ring (bicyclic) bond motifs is 4. The number of rotatable bonds is 5.